The smallest absolute Gasteiger partial charge is 0.276 e. The number of ketones is 1. The lowest BCUT2D eigenvalue weighted by molar-refractivity contribution is -0.385. The highest BCUT2D eigenvalue weighted by Gasteiger charge is 2.16. The Hall–Kier alpha value is -2.99. The highest BCUT2D eigenvalue weighted by atomic mass is 16.6. The summed E-state index contributed by atoms with van der Waals surface area (Å²) in [6.07, 6.45) is 3.81. The molecule has 1 heterocycles. The van der Waals surface area contributed by atoms with E-state index in [1.807, 2.05) is 42.5 Å². The number of piperazine rings is 1. The van der Waals surface area contributed by atoms with Crippen molar-refractivity contribution in [3.63, 3.8) is 0 Å². The molecule has 1 aliphatic rings. The molecule has 2 aromatic rings. The SMILES string of the molecule is CC(=O)c1ccc(N2CCN(C/C=C/c3ccccc3[N+](=O)[O-])CC2)cc1. The number of rotatable bonds is 6. The second kappa shape index (κ2) is 8.60. The lowest BCUT2D eigenvalue weighted by Gasteiger charge is -2.35. The van der Waals surface area contributed by atoms with E-state index in [2.05, 4.69) is 9.80 Å². The van der Waals surface area contributed by atoms with Gasteiger partial charge < -0.3 is 4.90 Å². The lowest BCUT2D eigenvalue weighted by atomic mass is 10.1. The summed E-state index contributed by atoms with van der Waals surface area (Å²) in [5.41, 5.74) is 2.63. The molecule has 0 amide bonds. The zero-order valence-electron chi connectivity index (χ0n) is 15.4. The van der Waals surface area contributed by atoms with E-state index in [9.17, 15) is 14.9 Å². The van der Waals surface area contributed by atoms with Crippen molar-refractivity contribution in [3.05, 3.63) is 75.8 Å². The molecule has 0 aromatic heterocycles. The number of nitrogens with zero attached hydrogens (tertiary/aromatic N) is 3. The van der Waals surface area contributed by atoms with Crippen LogP contribution >= 0.6 is 0 Å². The van der Waals surface area contributed by atoms with Gasteiger partial charge in [0.25, 0.3) is 5.69 Å². The molecule has 0 aliphatic carbocycles. The summed E-state index contributed by atoms with van der Waals surface area (Å²) in [5.74, 6) is 0.0804. The largest absolute Gasteiger partial charge is 0.369 e. The van der Waals surface area contributed by atoms with Gasteiger partial charge in [0.05, 0.1) is 10.5 Å². The molecule has 0 unspecified atom stereocenters. The summed E-state index contributed by atoms with van der Waals surface area (Å²) in [4.78, 5) is 26.7. The van der Waals surface area contributed by atoms with Crippen molar-refractivity contribution < 1.29 is 9.72 Å². The van der Waals surface area contributed by atoms with Gasteiger partial charge in [-0.3, -0.25) is 19.8 Å². The first kappa shape index (κ1) is 18.8. The number of anilines is 1. The molecule has 0 N–H and O–H groups in total. The molecule has 2 aromatic carbocycles. The minimum atomic E-state index is -0.351. The molecule has 1 fully saturated rings. The van der Waals surface area contributed by atoms with Crippen LogP contribution in [0.3, 0.4) is 0 Å². The average Bonchev–Trinajstić information content (AvgIpc) is 2.69. The molecule has 0 bridgehead atoms. The van der Waals surface area contributed by atoms with Crippen molar-refractivity contribution in [1.29, 1.82) is 0 Å². The van der Waals surface area contributed by atoms with Crippen LogP contribution < -0.4 is 4.90 Å². The zero-order chi connectivity index (χ0) is 19.2. The van der Waals surface area contributed by atoms with E-state index in [0.717, 1.165) is 44.0 Å². The lowest BCUT2D eigenvalue weighted by Crippen LogP contribution is -2.46. The molecule has 6 nitrogen and oxygen atoms in total. The van der Waals surface area contributed by atoms with E-state index >= 15 is 0 Å². The topological polar surface area (TPSA) is 66.7 Å². The Morgan fingerprint density at radius 2 is 1.74 bits per heavy atom. The van der Waals surface area contributed by atoms with Gasteiger partial charge in [-0.1, -0.05) is 24.3 Å². The zero-order valence-corrected chi connectivity index (χ0v) is 15.4. The van der Waals surface area contributed by atoms with Crippen molar-refractivity contribution in [2.24, 2.45) is 0 Å². The summed E-state index contributed by atoms with van der Waals surface area (Å²) < 4.78 is 0. The van der Waals surface area contributed by atoms with Crippen LogP contribution in [0.4, 0.5) is 11.4 Å². The Morgan fingerprint density at radius 3 is 2.37 bits per heavy atom. The molecular weight excluding hydrogens is 342 g/mol. The first-order chi connectivity index (χ1) is 13.0. The maximum Gasteiger partial charge on any atom is 0.276 e. The van der Waals surface area contributed by atoms with Gasteiger partial charge in [0.15, 0.2) is 5.78 Å². The van der Waals surface area contributed by atoms with Gasteiger partial charge in [0, 0.05) is 50.0 Å². The Balaban J connectivity index is 1.52. The number of hydrogen-bond acceptors (Lipinski definition) is 5. The molecular formula is C21H23N3O3. The molecule has 0 spiro atoms. The fraction of sp³-hybridized carbons (Fsp3) is 0.286. The second-order valence-corrected chi connectivity index (χ2v) is 6.61. The highest BCUT2D eigenvalue weighted by molar-refractivity contribution is 5.94. The number of benzene rings is 2. The van der Waals surface area contributed by atoms with Crippen LogP contribution in [0, 0.1) is 10.1 Å². The predicted molar refractivity (Wildman–Crippen MR) is 107 cm³/mol. The van der Waals surface area contributed by atoms with E-state index < -0.39 is 0 Å². The predicted octanol–water partition coefficient (Wildman–Crippen LogP) is 3.63. The van der Waals surface area contributed by atoms with Gasteiger partial charge in [-0.05, 0) is 37.3 Å². The number of carbonyl (C=O) groups is 1. The van der Waals surface area contributed by atoms with Gasteiger partial charge in [0.2, 0.25) is 0 Å². The van der Waals surface area contributed by atoms with Gasteiger partial charge in [-0.2, -0.15) is 0 Å². The van der Waals surface area contributed by atoms with E-state index in [-0.39, 0.29) is 16.4 Å². The second-order valence-electron chi connectivity index (χ2n) is 6.61. The van der Waals surface area contributed by atoms with Crippen LogP contribution in [0.25, 0.3) is 6.08 Å². The van der Waals surface area contributed by atoms with Crippen molar-refractivity contribution in [2.45, 2.75) is 6.92 Å². The van der Waals surface area contributed by atoms with Gasteiger partial charge in [-0.25, -0.2) is 0 Å². The Bertz CT molecular complexity index is 838. The van der Waals surface area contributed by atoms with Crippen LogP contribution in [-0.4, -0.2) is 48.3 Å². The third kappa shape index (κ3) is 4.80. The van der Waals surface area contributed by atoms with Gasteiger partial charge in [-0.15, -0.1) is 0 Å². The summed E-state index contributed by atoms with van der Waals surface area (Å²) in [5, 5.41) is 11.1. The normalized spacial score (nSPS) is 15.2. The van der Waals surface area contributed by atoms with Crippen molar-refractivity contribution in [3.8, 4) is 0 Å². The third-order valence-corrected chi connectivity index (χ3v) is 4.81. The number of nitro benzene ring substituents is 1. The maximum atomic E-state index is 11.4. The average molecular weight is 365 g/mol. The van der Waals surface area contributed by atoms with Crippen molar-refractivity contribution in [2.75, 3.05) is 37.6 Å². The first-order valence-corrected chi connectivity index (χ1v) is 9.03. The monoisotopic (exact) mass is 365 g/mol. The fourth-order valence-corrected chi connectivity index (χ4v) is 3.22. The molecule has 1 saturated heterocycles. The van der Waals surface area contributed by atoms with E-state index in [1.165, 1.54) is 6.07 Å². The quantitative estimate of drug-likeness (QED) is 0.444. The number of hydrogen-bond donors (Lipinski definition) is 0. The van der Waals surface area contributed by atoms with Crippen molar-refractivity contribution >= 4 is 23.2 Å². The number of para-hydroxylation sites is 1. The summed E-state index contributed by atoms with van der Waals surface area (Å²) in [6, 6.07) is 14.5. The maximum absolute atomic E-state index is 11.4. The summed E-state index contributed by atoms with van der Waals surface area (Å²) >= 11 is 0. The van der Waals surface area contributed by atoms with Crippen LogP contribution in [0.5, 0.6) is 0 Å². The van der Waals surface area contributed by atoms with Crippen LogP contribution in [-0.2, 0) is 0 Å². The summed E-state index contributed by atoms with van der Waals surface area (Å²) in [6.45, 7) is 6.03. The molecule has 0 atom stereocenters. The fourth-order valence-electron chi connectivity index (χ4n) is 3.22. The Kier molecular flexibility index (Phi) is 5.98. The molecule has 3 rings (SSSR count). The Labute approximate surface area is 158 Å². The number of nitro groups is 1. The standard InChI is InChI=1S/C21H23N3O3/c1-17(25)18-8-10-20(11-9-18)23-15-13-22(14-16-23)12-4-6-19-5-2-3-7-21(19)24(26)27/h2-11H,12-16H2,1H3/b6-4+. The third-order valence-electron chi connectivity index (χ3n) is 4.81. The number of Topliss-reactive ketones (excluding diaryl/α,β-unsaturated/α-hetero) is 1. The molecule has 140 valence electrons. The van der Waals surface area contributed by atoms with Crippen molar-refractivity contribution in [1.82, 2.24) is 4.90 Å². The van der Waals surface area contributed by atoms with E-state index in [4.69, 9.17) is 0 Å². The van der Waals surface area contributed by atoms with E-state index in [1.54, 1.807) is 19.1 Å². The van der Waals surface area contributed by atoms with Gasteiger partial charge >= 0.3 is 0 Å². The van der Waals surface area contributed by atoms with Gasteiger partial charge in [0.1, 0.15) is 0 Å². The molecule has 0 radical (unpaired) electrons. The highest BCUT2D eigenvalue weighted by Crippen LogP contribution is 2.20. The first-order valence-electron chi connectivity index (χ1n) is 9.03. The minimum Gasteiger partial charge on any atom is -0.369 e. The molecule has 0 saturated carbocycles. The number of carbonyl (C=O) groups excluding carboxylic acids is 1. The molecule has 1 aliphatic heterocycles. The van der Waals surface area contributed by atoms with Crippen LogP contribution in [0.2, 0.25) is 0 Å². The van der Waals surface area contributed by atoms with E-state index in [0.29, 0.717) is 5.56 Å². The summed E-state index contributed by atoms with van der Waals surface area (Å²) in [7, 11) is 0. The van der Waals surface area contributed by atoms with Crippen LogP contribution in [0.15, 0.2) is 54.6 Å². The van der Waals surface area contributed by atoms with Crippen LogP contribution in [0.1, 0.15) is 22.8 Å². The molecule has 6 heteroatoms. The Morgan fingerprint density at radius 1 is 1.07 bits per heavy atom. The molecule has 27 heavy (non-hydrogen) atoms. The minimum absolute atomic E-state index is 0.0804.